The molecule has 2 aliphatic rings. The van der Waals surface area contributed by atoms with E-state index < -0.39 is 6.17 Å². The molecule has 1 aromatic heterocycles. The van der Waals surface area contributed by atoms with Crippen molar-refractivity contribution in [2.75, 3.05) is 5.75 Å². The first-order valence-electron chi connectivity index (χ1n) is 8.77. The quantitative estimate of drug-likeness (QED) is 0.736. The van der Waals surface area contributed by atoms with Gasteiger partial charge in [0.05, 0.1) is 5.36 Å². The van der Waals surface area contributed by atoms with Crippen molar-refractivity contribution in [2.24, 2.45) is 10.1 Å². The van der Waals surface area contributed by atoms with E-state index in [1.165, 1.54) is 0 Å². The van der Waals surface area contributed by atoms with E-state index in [9.17, 15) is 4.79 Å². The maximum Gasteiger partial charge on any atom is 0.276 e. The van der Waals surface area contributed by atoms with Gasteiger partial charge in [0.25, 0.3) is 5.91 Å². The van der Waals surface area contributed by atoms with E-state index in [2.05, 4.69) is 33.2 Å². The summed E-state index contributed by atoms with van der Waals surface area (Å²) in [5.41, 5.74) is 1.40. The van der Waals surface area contributed by atoms with Gasteiger partial charge in [-0.2, -0.15) is 0 Å². The van der Waals surface area contributed by atoms with E-state index in [-0.39, 0.29) is 5.91 Å². The van der Waals surface area contributed by atoms with E-state index in [4.69, 9.17) is 10.1 Å². The minimum atomic E-state index is -0.421. The smallest absolute Gasteiger partial charge is 0.276 e. The first-order valence-corrected chi connectivity index (χ1v) is 10.5. The van der Waals surface area contributed by atoms with Crippen LogP contribution in [0.3, 0.4) is 0 Å². The highest BCUT2D eigenvalue weighted by Crippen LogP contribution is 2.30. The average Bonchev–Trinajstić information content (AvgIpc) is 2.68. The third-order valence-corrected chi connectivity index (χ3v) is 5.73. The van der Waals surface area contributed by atoms with Crippen molar-refractivity contribution < 1.29 is 4.79 Å². The van der Waals surface area contributed by atoms with Crippen molar-refractivity contribution >= 4 is 44.5 Å². The van der Waals surface area contributed by atoms with Crippen molar-refractivity contribution in [1.82, 2.24) is 15.3 Å². The number of thioether (sulfide) groups is 1. The van der Waals surface area contributed by atoms with Gasteiger partial charge in [0.1, 0.15) is 5.70 Å². The van der Waals surface area contributed by atoms with Crippen LogP contribution in [-0.2, 0) is 4.79 Å². The molecule has 2 aliphatic heterocycles. The largest absolute Gasteiger partial charge is 0.298 e. The number of carbonyl (C=O) groups excluding carboxylic acids is 1. The molecule has 0 spiro atoms. The SMILES string of the molecule is CCCCSC1=NN2C(=c3cc(Br)ccc3=N[C@H]2c2cccnc2)C(=O)N1. The van der Waals surface area contributed by atoms with E-state index in [1.54, 1.807) is 29.2 Å². The van der Waals surface area contributed by atoms with Gasteiger partial charge < -0.3 is 0 Å². The molecule has 1 amide bonds. The number of fused-ring (bicyclic) bond motifs is 2. The van der Waals surface area contributed by atoms with Gasteiger partial charge in [-0.25, -0.2) is 5.01 Å². The molecule has 0 bridgehead atoms. The number of hydrogen-bond acceptors (Lipinski definition) is 6. The molecular weight excluding hydrogens is 426 g/mol. The van der Waals surface area contributed by atoms with Gasteiger partial charge in [0, 0.05) is 33.4 Å². The lowest BCUT2D eigenvalue weighted by molar-refractivity contribution is -0.116. The van der Waals surface area contributed by atoms with Crippen LogP contribution in [0.2, 0.25) is 0 Å². The Morgan fingerprint density at radius 3 is 3.00 bits per heavy atom. The number of aromatic nitrogens is 1. The number of nitrogens with zero attached hydrogens (tertiary/aromatic N) is 4. The Bertz CT molecular complexity index is 1020. The zero-order valence-electron chi connectivity index (χ0n) is 14.7. The molecule has 1 N–H and O–H groups in total. The van der Waals surface area contributed by atoms with Crippen molar-refractivity contribution in [2.45, 2.75) is 25.9 Å². The second-order valence-electron chi connectivity index (χ2n) is 6.21. The maximum atomic E-state index is 13.0. The standard InChI is InChI=1S/C19H18BrN5OS/c1-2-3-9-27-19-23-18(26)16-14-10-13(20)6-7-15(14)22-17(25(16)24-19)12-5-4-8-21-11-12/h4-8,10-11,17H,2-3,9H2,1H3,(H,23,24,26)/t17-/m1/s1. The lowest BCUT2D eigenvalue weighted by Crippen LogP contribution is -2.50. The van der Waals surface area contributed by atoms with Gasteiger partial charge in [-0.05, 0) is 30.7 Å². The zero-order valence-corrected chi connectivity index (χ0v) is 17.1. The van der Waals surface area contributed by atoms with Gasteiger partial charge in [-0.1, -0.05) is 47.1 Å². The lowest BCUT2D eigenvalue weighted by atomic mass is 10.1. The molecule has 0 saturated carbocycles. The minimum Gasteiger partial charge on any atom is -0.298 e. The fraction of sp³-hybridized carbons (Fsp3) is 0.263. The predicted octanol–water partition coefficient (Wildman–Crippen LogP) is 2.52. The number of benzene rings is 1. The number of amidine groups is 1. The second kappa shape index (κ2) is 7.82. The number of hydrazone groups is 1. The molecule has 4 rings (SSSR count). The van der Waals surface area contributed by atoms with Crippen LogP contribution in [0.5, 0.6) is 0 Å². The monoisotopic (exact) mass is 443 g/mol. The normalized spacial score (nSPS) is 18.2. The highest BCUT2D eigenvalue weighted by atomic mass is 79.9. The second-order valence-corrected chi connectivity index (χ2v) is 8.20. The molecule has 0 saturated heterocycles. The molecule has 2 aromatic rings. The molecule has 3 heterocycles. The third-order valence-electron chi connectivity index (χ3n) is 4.29. The van der Waals surface area contributed by atoms with E-state index in [1.807, 2.05) is 30.3 Å². The lowest BCUT2D eigenvalue weighted by Gasteiger charge is -2.33. The van der Waals surface area contributed by atoms with Gasteiger partial charge in [-0.15, -0.1) is 5.10 Å². The molecule has 1 atom stereocenters. The van der Waals surface area contributed by atoms with E-state index in [0.29, 0.717) is 10.9 Å². The van der Waals surface area contributed by atoms with Crippen molar-refractivity contribution in [3.63, 3.8) is 0 Å². The Balaban J connectivity index is 1.86. The maximum absolute atomic E-state index is 13.0. The Kier molecular flexibility index (Phi) is 5.27. The minimum absolute atomic E-state index is 0.160. The fourth-order valence-electron chi connectivity index (χ4n) is 2.98. The molecule has 138 valence electrons. The molecule has 0 radical (unpaired) electrons. The van der Waals surface area contributed by atoms with E-state index >= 15 is 0 Å². The summed E-state index contributed by atoms with van der Waals surface area (Å²) in [5.74, 6) is 0.752. The van der Waals surface area contributed by atoms with Crippen LogP contribution < -0.4 is 15.9 Å². The number of rotatable bonds is 4. The third kappa shape index (κ3) is 3.64. The summed E-state index contributed by atoms with van der Waals surface area (Å²) in [6, 6.07) is 9.57. The molecule has 6 nitrogen and oxygen atoms in total. The number of hydrogen-bond donors (Lipinski definition) is 1. The van der Waals surface area contributed by atoms with Crippen LogP contribution >= 0.6 is 27.7 Å². The van der Waals surface area contributed by atoms with Gasteiger partial charge in [0.2, 0.25) is 0 Å². The van der Waals surface area contributed by atoms with Gasteiger partial charge in [0.15, 0.2) is 11.3 Å². The van der Waals surface area contributed by atoms with Crippen molar-refractivity contribution in [3.8, 4) is 0 Å². The molecule has 1 aromatic carbocycles. The summed E-state index contributed by atoms with van der Waals surface area (Å²) in [6.07, 6.45) is 5.24. The highest BCUT2D eigenvalue weighted by Gasteiger charge is 2.34. The number of pyridine rings is 1. The summed E-state index contributed by atoms with van der Waals surface area (Å²) < 4.78 is 0.892. The molecule has 8 heteroatoms. The Labute approximate surface area is 169 Å². The van der Waals surface area contributed by atoms with Crippen molar-refractivity contribution in [1.29, 1.82) is 0 Å². The van der Waals surface area contributed by atoms with Crippen LogP contribution in [0.4, 0.5) is 0 Å². The van der Waals surface area contributed by atoms with Crippen molar-refractivity contribution in [3.05, 3.63) is 63.3 Å². The summed E-state index contributed by atoms with van der Waals surface area (Å²) in [7, 11) is 0. The molecule has 0 aliphatic carbocycles. The molecule has 27 heavy (non-hydrogen) atoms. The fourth-order valence-corrected chi connectivity index (χ4v) is 4.27. The van der Waals surface area contributed by atoms with Crippen LogP contribution in [0, 0.1) is 0 Å². The number of nitrogens with one attached hydrogen (secondary N) is 1. The number of carbonyl (C=O) groups is 1. The summed E-state index contributed by atoms with van der Waals surface area (Å²) in [5, 5.41) is 11.5. The first-order chi connectivity index (χ1) is 13.2. The van der Waals surface area contributed by atoms with Gasteiger partial charge >= 0.3 is 0 Å². The van der Waals surface area contributed by atoms with Crippen LogP contribution in [-0.4, -0.2) is 26.8 Å². The Morgan fingerprint density at radius 2 is 2.22 bits per heavy atom. The van der Waals surface area contributed by atoms with Crippen LogP contribution in [0.25, 0.3) is 5.70 Å². The first kappa shape index (κ1) is 18.2. The number of unbranched alkanes of at least 4 members (excludes halogenated alkanes) is 1. The number of halogens is 1. The van der Waals surface area contributed by atoms with Crippen LogP contribution in [0.1, 0.15) is 31.5 Å². The average molecular weight is 444 g/mol. The zero-order chi connectivity index (χ0) is 18.8. The summed E-state index contributed by atoms with van der Waals surface area (Å²) in [6.45, 7) is 2.14. The Morgan fingerprint density at radius 1 is 1.33 bits per heavy atom. The predicted molar refractivity (Wildman–Crippen MR) is 110 cm³/mol. The number of amides is 1. The molecule has 0 fully saturated rings. The Hall–Kier alpha value is -2.19. The topological polar surface area (TPSA) is 70.0 Å². The molecular formula is C19H18BrN5OS. The molecule has 0 unspecified atom stereocenters. The summed E-state index contributed by atoms with van der Waals surface area (Å²) >= 11 is 5.05. The van der Waals surface area contributed by atoms with Crippen LogP contribution in [0.15, 0.2) is 57.3 Å². The van der Waals surface area contributed by atoms with E-state index in [0.717, 1.165) is 39.2 Å². The highest BCUT2D eigenvalue weighted by molar-refractivity contribution is 9.10. The summed E-state index contributed by atoms with van der Waals surface area (Å²) in [4.78, 5) is 22.0. The van der Waals surface area contributed by atoms with Gasteiger partial charge in [-0.3, -0.25) is 20.1 Å².